The highest BCUT2D eigenvalue weighted by molar-refractivity contribution is 6.10. The number of aromatic nitrogens is 1. The molecular formula is C13H9N5O. The summed E-state index contributed by atoms with van der Waals surface area (Å²) in [6, 6.07) is 10.2. The van der Waals surface area contributed by atoms with Crippen LogP contribution in [0.4, 0.5) is 5.69 Å². The number of anilines is 1. The molecule has 0 fully saturated rings. The minimum Gasteiger partial charge on any atom is -0.318 e. The normalized spacial score (nSPS) is 9.42. The molecule has 6 heteroatoms. The van der Waals surface area contributed by atoms with Crippen LogP contribution in [0.3, 0.4) is 0 Å². The van der Waals surface area contributed by atoms with Gasteiger partial charge in [-0.1, -0.05) is 6.07 Å². The molecule has 0 bridgehead atoms. The van der Waals surface area contributed by atoms with Gasteiger partial charge < -0.3 is 4.57 Å². The maximum atomic E-state index is 11.9. The average Bonchev–Trinajstić information content (AvgIpc) is 2.44. The number of benzene rings is 1. The Morgan fingerprint density at radius 3 is 2.74 bits per heavy atom. The van der Waals surface area contributed by atoms with Crippen LogP contribution in [0.2, 0.25) is 0 Å². The standard InChI is InChI=1S/C13H9N5O/c1-18-5-4-9-2-3-10(6-12(9)13(18)19)16-17-11(7-14)8-15/h2-6,16H,1H3. The summed E-state index contributed by atoms with van der Waals surface area (Å²) in [5.74, 6) is 0. The van der Waals surface area contributed by atoms with E-state index in [-0.39, 0.29) is 11.3 Å². The van der Waals surface area contributed by atoms with Crippen LogP contribution in [0.1, 0.15) is 0 Å². The molecule has 2 aromatic rings. The fraction of sp³-hybridized carbons (Fsp3) is 0.0769. The zero-order valence-corrected chi connectivity index (χ0v) is 10.1. The van der Waals surface area contributed by atoms with Crippen LogP contribution in [-0.4, -0.2) is 10.3 Å². The highest BCUT2D eigenvalue weighted by Crippen LogP contribution is 2.15. The van der Waals surface area contributed by atoms with Crippen molar-refractivity contribution in [3.63, 3.8) is 0 Å². The molecule has 0 aliphatic carbocycles. The van der Waals surface area contributed by atoms with Gasteiger partial charge in [0.05, 0.1) is 5.69 Å². The zero-order valence-electron chi connectivity index (χ0n) is 10.1. The Hall–Kier alpha value is -3.12. The number of nitrogens with zero attached hydrogens (tertiary/aromatic N) is 4. The fourth-order valence-electron chi connectivity index (χ4n) is 1.60. The molecule has 0 saturated carbocycles. The van der Waals surface area contributed by atoms with E-state index in [0.717, 1.165) is 5.39 Å². The van der Waals surface area contributed by atoms with Crippen LogP contribution < -0.4 is 11.0 Å². The van der Waals surface area contributed by atoms with Gasteiger partial charge in [-0.05, 0) is 23.6 Å². The van der Waals surface area contributed by atoms with Crippen molar-refractivity contribution in [2.45, 2.75) is 0 Å². The Morgan fingerprint density at radius 1 is 1.32 bits per heavy atom. The van der Waals surface area contributed by atoms with E-state index in [1.807, 2.05) is 6.07 Å². The molecule has 19 heavy (non-hydrogen) atoms. The minimum absolute atomic E-state index is 0.120. The number of hydrogen-bond donors (Lipinski definition) is 1. The highest BCUT2D eigenvalue weighted by atomic mass is 16.1. The van der Waals surface area contributed by atoms with Crippen molar-refractivity contribution < 1.29 is 0 Å². The number of fused-ring (bicyclic) bond motifs is 1. The van der Waals surface area contributed by atoms with E-state index >= 15 is 0 Å². The monoisotopic (exact) mass is 251 g/mol. The van der Waals surface area contributed by atoms with Crippen molar-refractivity contribution in [1.29, 1.82) is 10.5 Å². The molecule has 0 saturated heterocycles. The van der Waals surface area contributed by atoms with Gasteiger partial charge in [-0.15, -0.1) is 0 Å². The zero-order chi connectivity index (χ0) is 13.8. The van der Waals surface area contributed by atoms with E-state index in [4.69, 9.17) is 10.5 Å². The van der Waals surface area contributed by atoms with Crippen LogP contribution >= 0.6 is 0 Å². The van der Waals surface area contributed by atoms with Gasteiger partial charge in [-0.2, -0.15) is 15.6 Å². The number of hydrazone groups is 1. The summed E-state index contributed by atoms with van der Waals surface area (Å²) in [4.78, 5) is 11.9. The van der Waals surface area contributed by atoms with Crippen LogP contribution in [0, 0.1) is 22.7 Å². The van der Waals surface area contributed by atoms with Gasteiger partial charge in [0.2, 0.25) is 5.71 Å². The number of nitrogens with one attached hydrogen (secondary N) is 1. The summed E-state index contributed by atoms with van der Waals surface area (Å²) in [7, 11) is 1.67. The van der Waals surface area contributed by atoms with E-state index < -0.39 is 0 Å². The Bertz CT molecular complexity index is 788. The molecule has 1 aromatic heterocycles. The number of rotatable bonds is 2. The quantitative estimate of drug-likeness (QED) is 0.644. The van der Waals surface area contributed by atoms with Gasteiger partial charge >= 0.3 is 0 Å². The van der Waals surface area contributed by atoms with E-state index in [1.54, 1.807) is 43.6 Å². The topological polar surface area (TPSA) is 94.0 Å². The summed E-state index contributed by atoms with van der Waals surface area (Å²) in [5.41, 5.74) is 2.72. The SMILES string of the molecule is Cn1ccc2ccc(NN=C(C#N)C#N)cc2c1=O. The second-order valence-corrected chi connectivity index (χ2v) is 3.83. The molecule has 1 aromatic carbocycles. The third-order valence-corrected chi connectivity index (χ3v) is 2.59. The molecule has 1 N–H and O–H groups in total. The molecule has 0 aliphatic heterocycles. The average molecular weight is 251 g/mol. The molecule has 6 nitrogen and oxygen atoms in total. The maximum Gasteiger partial charge on any atom is 0.258 e. The van der Waals surface area contributed by atoms with Crippen LogP contribution in [0.5, 0.6) is 0 Å². The van der Waals surface area contributed by atoms with Crippen molar-refractivity contribution in [2.24, 2.45) is 12.1 Å². The van der Waals surface area contributed by atoms with E-state index in [2.05, 4.69) is 10.5 Å². The summed E-state index contributed by atoms with van der Waals surface area (Å²) in [5, 5.41) is 22.1. The van der Waals surface area contributed by atoms with E-state index in [0.29, 0.717) is 11.1 Å². The van der Waals surface area contributed by atoms with E-state index in [1.165, 1.54) is 4.57 Å². The first-order chi connectivity index (χ1) is 9.15. The van der Waals surface area contributed by atoms with Crippen molar-refractivity contribution in [3.8, 4) is 12.1 Å². The van der Waals surface area contributed by atoms with Crippen molar-refractivity contribution in [2.75, 3.05) is 5.43 Å². The molecule has 0 radical (unpaired) electrons. The third-order valence-electron chi connectivity index (χ3n) is 2.59. The number of pyridine rings is 1. The Morgan fingerprint density at radius 2 is 2.05 bits per heavy atom. The van der Waals surface area contributed by atoms with Gasteiger partial charge in [0.25, 0.3) is 5.56 Å². The second-order valence-electron chi connectivity index (χ2n) is 3.83. The second kappa shape index (κ2) is 5.03. The molecule has 0 aliphatic rings. The van der Waals surface area contributed by atoms with Crippen molar-refractivity contribution in [1.82, 2.24) is 4.57 Å². The summed E-state index contributed by atoms with van der Waals surface area (Å²) >= 11 is 0. The Labute approximate surface area is 108 Å². The molecule has 0 amide bonds. The van der Waals surface area contributed by atoms with E-state index in [9.17, 15) is 4.79 Å². The largest absolute Gasteiger partial charge is 0.318 e. The van der Waals surface area contributed by atoms with Crippen molar-refractivity contribution >= 4 is 22.2 Å². The number of nitriles is 2. The summed E-state index contributed by atoms with van der Waals surface area (Å²) in [6.45, 7) is 0. The fourth-order valence-corrected chi connectivity index (χ4v) is 1.60. The Kier molecular flexibility index (Phi) is 3.26. The molecule has 0 atom stereocenters. The van der Waals surface area contributed by atoms with Gasteiger partial charge in [-0.3, -0.25) is 10.2 Å². The first kappa shape index (κ1) is 12.3. The molecule has 92 valence electrons. The number of aryl methyl sites for hydroxylation is 1. The van der Waals surface area contributed by atoms with Crippen LogP contribution in [0.15, 0.2) is 40.4 Å². The molecule has 1 heterocycles. The van der Waals surface area contributed by atoms with Gasteiger partial charge in [0, 0.05) is 18.6 Å². The number of hydrogen-bond acceptors (Lipinski definition) is 5. The summed E-state index contributed by atoms with van der Waals surface area (Å²) in [6.07, 6.45) is 1.69. The molecule has 0 unspecified atom stereocenters. The predicted octanol–water partition coefficient (Wildman–Crippen LogP) is 1.35. The predicted molar refractivity (Wildman–Crippen MR) is 71.5 cm³/mol. The maximum absolute atomic E-state index is 11.9. The van der Waals surface area contributed by atoms with Crippen LogP contribution in [0.25, 0.3) is 10.8 Å². The lowest BCUT2D eigenvalue weighted by molar-refractivity contribution is 0.873. The smallest absolute Gasteiger partial charge is 0.258 e. The third kappa shape index (κ3) is 2.43. The Balaban J connectivity index is 2.46. The lowest BCUT2D eigenvalue weighted by Crippen LogP contribution is -2.15. The van der Waals surface area contributed by atoms with Gasteiger partial charge in [0.1, 0.15) is 12.1 Å². The van der Waals surface area contributed by atoms with Crippen LogP contribution in [-0.2, 0) is 7.05 Å². The summed E-state index contributed by atoms with van der Waals surface area (Å²) < 4.78 is 1.48. The molecular weight excluding hydrogens is 242 g/mol. The first-order valence-corrected chi connectivity index (χ1v) is 5.39. The van der Waals surface area contributed by atoms with Crippen molar-refractivity contribution in [3.05, 3.63) is 40.8 Å². The minimum atomic E-state index is -0.277. The van der Waals surface area contributed by atoms with Gasteiger partial charge in [-0.25, -0.2) is 0 Å². The van der Waals surface area contributed by atoms with Gasteiger partial charge in [0.15, 0.2) is 0 Å². The molecule has 2 rings (SSSR count). The first-order valence-electron chi connectivity index (χ1n) is 5.39. The lowest BCUT2D eigenvalue weighted by Gasteiger charge is -2.04. The lowest BCUT2D eigenvalue weighted by atomic mass is 10.1. The molecule has 0 spiro atoms. The highest BCUT2D eigenvalue weighted by Gasteiger charge is 2.02.